The molecule has 2 aromatic heterocycles. The molecule has 1 saturated carbocycles. The summed E-state index contributed by atoms with van der Waals surface area (Å²) in [5, 5.41) is 11.9. The molecule has 3 N–H and O–H groups in total. The number of aryl methyl sites for hydroxylation is 1. The van der Waals surface area contributed by atoms with Crippen LogP contribution in [0.3, 0.4) is 0 Å². The molecule has 1 aliphatic heterocycles. The Bertz CT molecular complexity index is 972. The molecule has 3 aromatic rings. The van der Waals surface area contributed by atoms with Gasteiger partial charge in [0.1, 0.15) is 11.5 Å². The zero-order valence-electron chi connectivity index (χ0n) is 15.3. The SMILES string of the molecule is Cc1nnc2n1-c1cnc(Nc3ccc(N)cc3)nc1N(C1CCCC1)C2. The van der Waals surface area contributed by atoms with E-state index in [1.54, 1.807) is 0 Å². The van der Waals surface area contributed by atoms with Crippen molar-refractivity contribution >= 4 is 23.1 Å². The van der Waals surface area contributed by atoms with E-state index in [0.29, 0.717) is 12.0 Å². The number of hydrogen-bond donors (Lipinski definition) is 2. The van der Waals surface area contributed by atoms with Gasteiger partial charge >= 0.3 is 0 Å². The van der Waals surface area contributed by atoms with Gasteiger partial charge in [0.2, 0.25) is 5.95 Å². The van der Waals surface area contributed by atoms with E-state index in [9.17, 15) is 0 Å². The van der Waals surface area contributed by atoms with Crippen LogP contribution in [0.4, 0.5) is 23.1 Å². The maximum Gasteiger partial charge on any atom is 0.229 e. The van der Waals surface area contributed by atoms with Gasteiger partial charge in [-0.05, 0) is 44.0 Å². The Kier molecular flexibility index (Phi) is 3.70. The van der Waals surface area contributed by atoms with Crippen LogP contribution in [-0.2, 0) is 6.54 Å². The molecule has 0 atom stereocenters. The van der Waals surface area contributed by atoms with Crippen molar-refractivity contribution in [3.05, 3.63) is 42.1 Å². The normalized spacial score (nSPS) is 16.3. The number of aromatic nitrogens is 5. The lowest BCUT2D eigenvalue weighted by Gasteiger charge is -2.35. The number of nitrogens with two attached hydrogens (primary N) is 1. The van der Waals surface area contributed by atoms with Gasteiger partial charge in [-0.2, -0.15) is 4.98 Å². The summed E-state index contributed by atoms with van der Waals surface area (Å²) < 4.78 is 2.06. The minimum Gasteiger partial charge on any atom is -0.399 e. The quantitative estimate of drug-likeness (QED) is 0.691. The molecule has 2 aliphatic rings. The van der Waals surface area contributed by atoms with Crippen LogP contribution in [0.15, 0.2) is 30.5 Å². The predicted octanol–water partition coefficient (Wildman–Crippen LogP) is 2.95. The van der Waals surface area contributed by atoms with Crippen molar-refractivity contribution in [3.8, 4) is 5.69 Å². The highest BCUT2D eigenvalue weighted by atomic mass is 15.4. The van der Waals surface area contributed by atoms with Crippen LogP contribution in [0.25, 0.3) is 5.69 Å². The van der Waals surface area contributed by atoms with Crippen LogP contribution >= 0.6 is 0 Å². The summed E-state index contributed by atoms with van der Waals surface area (Å²) in [5.41, 5.74) is 8.36. The van der Waals surface area contributed by atoms with Crippen molar-refractivity contribution in [2.45, 2.75) is 45.2 Å². The van der Waals surface area contributed by atoms with E-state index in [0.717, 1.165) is 41.1 Å². The van der Waals surface area contributed by atoms with E-state index >= 15 is 0 Å². The first-order chi connectivity index (χ1) is 13.2. The molecule has 3 heterocycles. The van der Waals surface area contributed by atoms with Crippen molar-refractivity contribution in [1.29, 1.82) is 0 Å². The Labute approximate surface area is 157 Å². The first kappa shape index (κ1) is 16.0. The fraction of sp³-hybridized carbons (Fsp3) is 0.368. The first-order valence-corrected chi connectivity index (χ1v) is 9.36. The zero-order valence-corrected chi connectivity index (χ0v) is 15.3. The summed E-state index contributed by atoms with van der Waals surface area (Å²) in [6.45, 7) is 2.70. The lowest BCUT2D eigenvalue weighted by atomic mass is 10.1. The van der Waals surface area contributed by atoms with Crippen molar-refractivity contribution in [3.63, 3.8) is 0 Å². The number of nitrogen functional groups attached to an aromatic ring is 1. The van der Waals surface area contributed by atoms with E-state index in [-0.39, 0.29) is 0 Å². The van der Waals surface area contributed by atoms with Crippen LogP contribution in [0, 0.1) is 6.92 Å². The summed E-state index contributed by atoms with van der Waals surface area (Å²) in [5.74, 6) is 3.34. The molecule has 138 valence electrons. The van der Waals surface area contributed by atoms with E-state index in [1.807, 2.05) is 37.4 Å². The highest BCUT2D eigenvalue weighted by Crippen LogP contribution is 2.36. The van der Waals surface area contributed by atoms with Gasteiger partial charge in [0.05, 0.1) is 12.7 Å². The maximum atomic E-state index is 5.77. The van der Waals surface area contributed by atoms with E-state index < -0.39 is 0 Å². The molecule has 1 aromatic carbocycles. The maximum absolute atomic E-state index is 5.77. The standard InChI is InChI=1S/C19H22N8/c1-12-24-25-17-11-26(15-4-2-3-5-15)18-16(27(12)17)10-21-19(23-18)22-14-8-6-13(20)7-9-14/h6-10,15H,2-5,11,20H2,1H3,(H,21,22,23). The predicted molar refractivity (Wildman–Crippen MR) is 104 cm³/mol. The zero-order chi connectivity index (χ0) is 18.4. The van der Waals surface area contributed by atoms with Gasteiger partial charge in [0, 0.05) is 17.4 Å². The third-order valence-electron chi connectivity index (χ3n) is 5.40. The number of nitrogens with zero attached hydrogens (tertiary/aromatic N) is 6. The van der Waals surface area contributed by atoms with Crippen LogP contribution in [0.2, 0.25) is 0 Å². The lowest BCUT2D eigenvalue weighted by Crippen LogP contribution is -2.38. The number of hydrogen-bond acceptors (Lipinski definition) is 7. The second-order valence-corrected chi connectivity index (χ2v) is 7.21. The summed E-state index contributed by atoms with van der Waals surface area (Å²) >= 11 is 0. The van der Waals surface area contributed by atoms with Gasteiger partial charge in [-0.15, -0.1) is 10.2 Å². The molecule has 5 rings (SSSR count). The number of benzene rings is 1. The summed E-state index contributed by atoms with van der Waals surface area (Å²) in [7, 11) is 0. The molecular formula is C19H22N8. The molecule has 0 radical (unpaired) electrons. The molecule has 8 heteroatoms. The summed E-state index contributed by atoms with van der Waals surface area (Å²) in [4.78, 5) is 11.8. The van der Waals surface area contributed by atoms with Crippen molar-refractivity contribution in [2.24, 2.45) is 0 Å². The van der Waals surface area contributed by atoms with Gasteiger partial charge in [-0.3, -0.25) is 4.57 Å². The average molecular weight is 362 g/mol. The third-order valence-corrected chi connectivity index (χ3v) is 5.40. The Morgan fingerprint density at radius 3 is 2.67 bits per heavy atom. The summed E-state index contributed by atoms with van der Waals surface area (Å²) in [6.07, 6.45) is 6.78. The molecule has 27 heavy (non-hydrogen) atoms. The van der Waals surface area contributed by atoms with E-state index in [1.165, 1.54) is 25.7 Å². The fourth-order valence-electron chi connectivity index (χ4n) is 4.06. The lowest BCUT2D eigenvalue weighted by molar-refractivity contribution is 0.566. The minimum absolute atomic E-state index is 0.494. The number of rotatable bonds is 3. The number of nitrogens with one attached hydrogen (secondary N) is 1. The number of fused-ring (bicyclic) bond motifs is 3. The van der Waals surface area contributed by atoms with Gasteiger partial charge in [0.25, 0.3) is 0 Å². The topological polar surface area (TPSA) is 97.8 Å². The van der Waals surface area contributed by atoms with Gasteiger partial charge in [-0.25, -0.2) is 4.98 Å². The molecule has 0 saturated heterocycles. The molecule has 1 fully saturated rings. The highest BCUT2D eigenvalue weighted by Gasteiger charge is 2.33. The van der Waals surface area contributed by atoms with E-state index in [4.69, 9.17) is 10.7 Å². The number of anilines is 4. The average Bonchev–Trinajstić information content (AvgIpc) is 3.33. The molecule has 0 unspecified atom stereocenters. The Morgan fingerprint density at radius 2 is 1.89 bits per heavy atom. The largest absolute Gasteiger partial charge is 0.399 e. The molecule has 0 bridgehead atoms. The van der Waals surface area contributed by atoms with Crippen molar-refractivity contribution in [1.82, 2.24) is 24.7 Å². The van der Waals surface area contributed by atoms with Gasteiger partial charge in [0.15, 0.2) is 11.6 Å². The molecule has 0 amide bonds. The van der Waals surface area contributed by atoms with Crippen LogP contribution in [0.1, 0.15) is 37.3 Å². The van der Waals surface area contributed by atoms with Crippen LogP contribution in [0.5, 0.6) is 0 Å². The van der Waals surface area contributed by atoms with Gasteiger partial charge in [-0.1, -0.05) is 12.8 Å². The second kappa shape index (κ2) is 6.22. The molecular weight excluding hydrogens is 340 g/mol. The summed E-state index contributed by atoms with van der Waals surface area (Å²) in [6, 6.07) is 8.06. The van der Waals surface area contributed by atoms with Crippen molar-refractivity contribution < 1.29 is 0 Å². The molecule has 8 nitrogen and oxygen atoms in total. The Hall–Kier alpha value is -3.16. The van der Waals surface area contributed by atoms with Crippen LogP contribution in [-0.4, -0.2) is 30.8 Å². The second-order valence-electron chi connectivity index (χ2n) is 7.21. The Morgan fingerprint density at radius 1 is 1.11 bits per heavy atom. The smallest absolute Gasteiger partial charge is 0.229 e. The van der Waals surface area contributed by atoms with E-state index in [2.05, 4.69) is 30.0 Å². The monoisotopic (exact) mass is 362 g/mol. The molecule has 0 spiro atoms. The van der Waals surface area contributed by atoms with Crippen LogP contribution < -0.4 is 16.0 Å². The highest BCUT2D eigenvalue weighted by molar-refractivity contribution is 5.65. The minimum atomic E-state index is 0.494. The first-order valence-electron chi connectivity index (χ1n) is 9.36. The fourth-order valence-corrected chi connectivity index (χ4v) is 4.06. The van der Waals surface area contributed by atoms with Crippen molar-refractivity contribution in [2.75, 3.05) is 16.0 Å². The van der Waals surface area contributed by atoms with Gasteiger partial charge < -0.3 is 16.0 Å². The third kappa shape index (κ3) is 2.77. The molecule has 1 aliphatic carbocycles. The Balaban J connectivity index is 1.55.